The van der Waals surface area contributed by atoms with Crippen LogP contribution in [0.15, 0.2) is 50.6 Å². The second-order valence-electron chi connectivity index (χ2n) is 4.41. The van der Waals surface area contributed by atoms with Gasteiger partial charge in [-0.2, -0.15) is 0 Å². The van der Waals surface area contributed by atoms with Gasteiger partial charge in [0.1, 0.15) is 5.75 Å². The lowest BCUT2D eigenvalue weighted by atomic mass is 10.2. The predicted octanol–water partition coefficient (Wildman–Crippen LogP) is 3.32. The number of hydrogen-bond donors (Lipinski definition) is 1. The number of halogens is 1. The Bertz CT molecular complexity index is 773. The summed E-state index contributed by atoms with van der Waals surface area (Å²) in [5, 5.41) is 8.78. The topological polar surface area (TPSA) is 79.1 Å². The van der Waals surface area contributed by atoms with E-state index >= 15 is 0 Å². The summed E-state index contributed by atoms with van der Waals surface area (Å²) in [4.78, 5) is 0. The van der Waals surface area contributed by atoms with Gasteiger partial charge in [-0.1, -0.05) is 17.8 Å². The normalized spacial score (nSPS) is 10.8. The number of methoxy groups -OCH3 is 1. The molecule has 0 amide bonds. The fraction of sp³-hybridized carbons (Fsp3) is 0.143. The lowest BCUT2D eigenvalue weighted by Gasteiger charge is -2.06. The highest BCUT2D eigenvalue weighted by Gasteiger charge is 2.14. The van der Waals surface area contributed by atoms with Crippen molar-refractivity contribution in [3.05, 3.63) is 46.6 Å². The largest absolute Gasteiger partial charge is 0.496 e. The molecule has 0 bridgehead atoms. The van der Waals surface area contributed by atoms with Crippen LogP contribution in [-0.4, -0.2) is 22.0 Å². The van der Waals surface area contributed by atoms with Crippen molar-refractivity contribution in [3.8, 4) is 17.3 Å². The molecule has 0 saturated heterocycles. The van der Waals surface area contributed by atoms with Gasteiger partial charge in [-0.25, -0.2) is 4.68 Å². The maximum absolute atomic E-state index is 6.02. The number of thioether (sulfide) groups is 1. The van der Waals surface area contributed by atoms with Crippen molar-refractivity contribution in [2.45, 2.75) is 10.9 Å². The van der Waals surface area contributed by atoms with E-state index in [2.05, 4.69) is 26.1 Å². The molecule has 0 fully saturated rings. The Labute approximate surface area is 139 Å². The monoisotopic (exact) mass is 380 g/mol. The number of nitrogen functional groups attached to an aromatic ring is 1. The van der Waals surface area contributed by atoms with Gasteiger partial charge in [0.15, 0.2) is 5.76 Å². The van der Waals surface area contributed by atoms with Gasteiger partial charge in [-0.15, -0.1) is 10.2 Å². The summed E-state index contributed by atoms with van der Waals surface area (Å²) in [5.74, 6) is 8.63. The number of furan rings is 1. The lowest BCUT2D eigenvalue weighted by molar-refractivity contribution is 0.412. The molecule has 0 aliphatic carbocycles. The molecule has 2 heterocycles. The minimum absolute atomic E-state index is 0.503. The van der Waals surface area contributed by atoms with Crippen molar-refractivity contribution in [2.75, 3.05) is 13.0 Å². The van der Waals surface area contributed by atoms with Gasteiger partial charge in [-0.3, -0.25) is 0 Å². The van der Waals surface area contributed by atoms with Crippen LogP contribution in [0.25, 0.3) is 11.6 Å². The van der Waals surface area contributed by atoms with Crippen molar-refractivity contribution in [2.24, 2.45) is 0 Å². The van der Waals surface area contributed by atoms with Crippen molar-refractivity contribution < 1.29 is 9.15 Å². The van der Waals surface area contributed by atoms with E-state index in [0.29, 0.717) is 16.7 Å². The Hall–Kier alpha value is -1.93. The predicted molar refractivity (Wildman–Crippen MR) is 88.1 cm³/mol. The Morgan fingerprint density at radius 1 is 1.36 bits per heavy atom. The van der Waals surface area contributed by atoms with Crippen LogP contribution in [0.2, 0.25) is 0 Å². The van der Waals surface area contributed by atoms with E-state index in [-0.39, 0.29) is 0 Å². The molecule has 8 heteroatoms. The molecule has 22 heavy (non-hydrogen) atoms. The maximum atomic E-state index is 6.02. The number of benzene rings is 1. The highest BCUT2D eigenvalue weighted by molar-refractivity contribution is 9.10. The molecular formula is C14H13BrN4O2S. The summed E-state index contributed by atoms with van der Waals surface area (Å²) < 4.78 is 12.8. The summed E-state index contributed by atoms with van der Waals surface area (Å²) >= 11 is 4.98. The van der Waals surface area contributed by atoms with Crippen molar-refractivity contribution >= 4 is 27.7 Å². The summed E-state index contributed by atoms with van der Waals surface area (Å²) in [5.41, 5.74) is 1.13. The first kappa shape index (κ1) is 15.0. The summed E-state index contributed by atoms with van der Waals surface area (Å²) in [7, 11) is 1.64. The van der Waals surface area contributed by atoms with E-state index in [0.717, 1.165) is 21.5 Å². The van der Waals surface area contributed by atoms with E-state index < -0.39 is 0 Å². The van der Waals surface area contributed by atoms with Gasteiger partial charge in [0.2, 0.25) is 11.0 Å². The van der Waals surface area contributed by atoms with E-state index in [4.69, 9.17) is 15.0 Å². The lowest BCUT2D eigenvalue weighted by Crippen LogP contribution is -2.11. The minimum Gasteiger partial charge on any atom is -0.496 e. The minimum atomic E-state index is 0.503. The molecule has 3 rings (SSSR count). The number of nitrogens with two attached hydrogens (primary N) is 1. The first-order valence-electron chi connectivity index (χ1n) is 6.38. The Balaban J connectivity index is 1.73. The molecule has 0 spiro atoms. The van der Waals surface area contributed by atoms with Gasteiger partial charge >= 0.3 is 0 Å². The zero-order valence-corrected chi connectivity index (χ0v) is 14.1. The molecule has 3 aromatic rings. The van der Waals surface area contributed by atoms with E-state index in [1.807, 2.05) is 18.2 Å². The van der Waals surface area contributed by atoms with Crippen LogP contribution in [0, 0.1) is 0 Å². The smallest absolute Gasteiger partial charge is 0.218 e. The quantitative estimate of drug-likeness (QED) is 0.540. The standard InChI is InChI=1S/C14H13BrN4O2S/c1-20-11-5-4-9(7-10(11)15)8-22-14-18-17-13(19(14)16)12-3-2-6-21-12/h2-7H,8,16H2,1H3. The number of ether oxygens (including phenoxy) is 1. The number of rotatable bonds is 5. The molecule has 0 aliphatic heterocycles. The van der Waals surface area contributed by atoms with Crippen LogP contribution in [0.1, 0.15) is 5.56 Å². The maximum Gasteiger partial charge on any atom is 0.218 e. The molecular weight excluding hydrogens is 368 g/mol. The molecule has 0 saturated carbocycles. The van der Waals surface area contributed by atoms with Gasteiger partial charge in [0.05, 0.1) is 17.8 Å². The second kappa shape index (κ2) is 6.45. The third-order valence-electron chi connectivity index (χ3n) is 2.99. The molecule has 114 valence electrons. The molecule has 0 aliphatic rings. The number of hydrogen-bond acceptors (Lipinski definition) is 6. The Morgan fingerprint density at radius 2 is 2.23 bits per heavy atom. The van der Waals surface area contributed by atoms with Gasteiger partial charge in [-0.05, 0) is 45.8 Å². The molecule has 1 aromatic carbocycles. The van der Waals surface area contributed by atoms with Crippen LogP contribution in [-0.2, 0) is 5.75 Å². The molecule has 6 nitrogen and oxygen atoms in total. The van der Waals surface area contributed by atoms with Crippen LogP contribution in [0.3, 0.4) is 0 Å². The molecule has 2 aromatic heterocycles. The summed E-state index contributed by atoms with van der Waals surface area (Å²) in [6.07, 6.45) is 1.58. The SMILES string of the molecule is COc1ccc(CSc2nnc(-c3ccco3)n2N)cc1Br. The van der Waals surface area contributed by atoms with Crippen LogP contribution in [0.5, 0.6) is 5.75 Å². The first-order chi connectivity index (χ1) is 10.7. The third-order valence-corrected chi connectivity index (χ3v) is 4.62. The highest BCUT2D eigenvalue weighted by Crippen LogP contribution is 2.29. The molecule has 0 radical (unpaired) electrons. The zero-order valence-electron chi connectivity index (χ0n) is 11.7. The van der Waals surface area contributed by atoms with Crippen LogP contribution in [0.4, 0.5) is 0 Å². The number of aromatic nitrogens is 3. The molecule has 0 unspecified atom stereocenters. The van der Waals surface area contributed by atoms with Crippen molar-refractivity contribution in [1.29, 1.82) is 0 Å². The second-order valence-corrected chi connectivity index (χ2v) is 6.21. The van der Waals surface area contributed by atoms with Crippen LogP contribution >= 0.6 is 27.7 Å². The highest BCUT2D eigenvalue weighted by atomic mass is 79.9. The van der Waals surface area contributed by atoms with Gasteiger partial charge < -0.3 is 15.0 Å². The zero-order chi connectivity index (χ0) is 15.5. The molecule has 0 atom stereocenters. The van der Waals surface area contributed by atoms with Crippen LogP contribution < -0.4 is 10.6 Å². The fourth-order valence-corrected chi connectivity index (χ4v) is 3.28. The Morgan fingerprint density at radius 3 is 2.91 bits per heavy atom. The van der Waals surface area contributed by atoms with E-state index in [1.165, 1.54) is 16.4 Å². The Kier molecular flexibility index (Phi) is 4.39. The van der Waals surface area contributed by atoms with Crippen molar-refractivity contribution in [1.82, 2.24) is 14.9 Å². The van der Waals surface area contributed by atoms with Crippen molar-refractivity contribution in [3.63, 3.8) is 0 Å². The first-order valence-corrected chi connectivity index (χ1v) is 8.16. The average Bonchev–Trinajstić information content (AvgIpc) is 3.15. The van der Waals surface area contributed by atoms with Gasteiger partial charge in [0.25, 0.3) is 0 Å². The molecule has 2 N–H and O–H groups in total. The number of nitrogens with zero attached hydrogens (tertiary/aromatic N) is 3. The van der Waals surface area contributed by atoms with E-state index in [9.17, 15) is 0 Å². The van der Waals surface area contributed by atoms with E-state index in [1.54, 1.807) is 25.5 Å². The van der Waals surface area contributed by atoms with Gasteiger partial charge in [0, 0.05) is 5.75 Å². The average molecular weight is 381 g/mol. The third kappa shape index (κ3) is 2.97. The summed E-state index contributed by atoms with van der Waals surface area (Å²) in [6, 6.07) is 9.51. The summed E-state index contributed by atoms with van der Waals surface area (Å²) in [6.45, 7) is 0. The fourth-order valence-electron chi connectivity index (χ4n) is 1.90.